The number of carbonyl (C=O) groups excluding carboxylic acids is 1. The summed E-state index contributed by atoms with van der Waals surface area (Å²) in [5.74, 6) is 3.10. The van der Waals surface area contributed by atoms with Crippen molar-refractivity contribution in [2.24, 2.45) is 11.6 Å². The van der Waals surface area contributed by atoms with Gasteiger partial charge >= 0.3 is 6.18 Å². The SMILES string of the molecule is NC1=C(N(N)c2ncc(O)cn2)CCN(C(=O)c2ccnc(C(F)(F)F)c2F)C1. The predicted molar refractivity (Wildman–Crippen MR) is 91.3 cm³/mol. The first kappa shape index (κ1) is 20.3. The Morgan fingerprint density at radius 3 is 2.48 bits per heavy atom. The van der Waals surface area contributed by atoms with E-state index in [4.69, 9.17) is 11.6 Å². The van der Waals surface area contributed by atoms with Crippen LogP contribution in [-0.4, -0.2) is 44.0 Å². The van der Waals surface area contributed by atoms with Crippen LogP contribution in [0, 0.1) is 5.82 Å². The third-order valence-electron chi connectivity index (χ3n) is 4.16. The number of carbonyl (C=O) groups is 1. The van der Waals surface area contributed by atoms with Crippen LogP contribution in [0.4, 0.5) is 23.5 Å². The van der Waals surface area contributed by atoms with Crippen LogP contribution < -0.4 is 16.6 Å². The van der Waals surface area contributed by atoms with Gasteiger partial charge in [0.15, 0.2) is 17.3 Å². The molecule has 0 spiro atoms. The van der Waals surface area contributed by atoms with Gasteiger partial charge in [-0.2, -0.15) is 13.2 Å². The lowest BCUT2D eigenvalue weighted by Gasteiger charge is -2.32. The molecule has 0 aliphatic carbocycles. The number of amides is 1. The van der Waals surface area contributed by atoms with E-state index in [0.29, 0.717) is 5.70 Å². The summed E-state index contributed by atoms with van der Waals surface area (Å²) in [6.07, 6.45) is -1.93. The molecule has 0 saturated heterocycles. The lowest BCUT2D eigenvalue weighted by atomic mass is 10.1. The molecule has 0 radical (unpaired) electrons. The first-order chi connectivity index (χ1) is 13.6. The molecule has 154 valence electrons. The fourth-order valence-electron chi connectivity index (χ4n) is 2.76. The Bertz CT molecular complexity index is 963. The van der Waals surface area contributed by atoms with Crippen LogP contribution in [0.5, 0.6) is 5.75 Å². The van der Waals surface area contributed by atoms with Gasteiger partial charge < -0.3 is 15.7 Å². The molecule has 0 fully saturated rings. The van der Waals surface area contributed by atoms with Crippen LogP contribution in [-0.2, 0) is 6.18 Å². The average molecular weight is 413 g/mol. The molecule has 2 aromatic rings. The summed E-state index contributed by atoms with van der Waals surface area (Å²) in [5, 5.41) is 10.3. The molecule has 1 amide bonds. The molecule has 0 atom stereocenters. The van der Waals surface area contributed by atoms with E-state index in [2.05, 4.69) is 15.0 Å². The number of aromatic nitrogens is 3. The van der Waals surface area contributed by atoms with Gasteiger partial charge in [0, 0.05) is 24.9 Å². The van der Waals surface area contributed by atoms with E-state index in [1.54, 1.807) is 0 Å². The van der Waals surface area contributed by atoms with E-state index in [9.17, 15) is 27.5 Å². The van der Waals surface area contributed by atoms with E-state index in [-0.39, 0.29) is 36.9 Å². The molecule has 2 aromatic heterocycles. The summed E-state index contributed by atoms with van der Waals surface area (Å²) in [6, 6.07) is 0.877. The zero-order chi connectivity index (χ0) is 21.3. The Kier molecular flexibility index (Phi) is 5.24. The number of rotatable bonds is 3. The highest BCUT2D eigenvalue weighted by molar-refractivity contribution is 5.95. The summed E-state index contributed by atoms with van der Waals surface area (Å²) in [4.78, 5) is 24.3. The van der Waals surface area contributed by atoms with Gasteiger partial charge in [0.2, 0.25) is 5.95 Å². The number of halogens is 4. The smallest absolute Gasteiger partial charge is 0.436 e. The van der Waals surface area contributed by atoms with Crippen LogP contribution in [0.1, 0.15) is 22.5 Å². The summed E-state index contributed by atoms with van der Waals surface area (Å²) in [5.41, 5.74) is 3.96. The molecule has 0 unspecified atom stereocenters. The molecule has 0 saturated carbocycles. The number of nitrogens with two attached hydrogens (primary N) is 2. The third kappa shape index (κ3) is 4.03. The highest BCUT2D eigenvalue weighted by Gasteiger charge is 2.38. The van der Waals surface area contributed by atoms with Gasteiger partial charge in [-0.15, -0.1) is 0 Å². The standard InChI is InChI=1S/C16H15F4N7O2/c17-12-9(1-3-23-13(12)16(18,19)20)14(29)26-4-2-11(10(21)7-26)27(22)15-24-5-8(28)6-25-15/h1,3,5-6,28H,2,4,7,21-22H2. The number of pyridine rings is 1. The van der Waals surface area contributed by atoms with Gasteiger partial charge in [-0.05, 0) is 6.07 Å². The van der Waals surface area contributed by atoms with Crippen molar-refractivity contribution >= 4 is 11.9 Å². The van der Waals surface area contributed by atoms with Crippen LogP contribution in [0.3, 0.4) is 0 Å². The van der Waals surface area contributed by atoms with E-state index in [1.165, 1.54) is 0 Å². The predicted octanol–water partition coefficient (Wildman–Crippen LogP) is 1.13. The highest BCUT2D eigenvalue weighted by Crippen LogP contribution is 2.31. The lowest BCUT2D eigenvalue weighted by molar-refractivity contribution is -0.143. The quantitative estimate of drug-likeness (QED) is 0.387. The van der Waals surface area contributed by atoms with Crippen molar-refractivity contribution in [1.82, 2.24) is 19.9 Å². The fraction of sp³-hybridized carbons (Fsp3) is 0.250. The molecule has 3 rings (SSSR count). The highest BCUT2D eigenvalue weighted by atomic mass is 19.4. The maximum atomic E-state index is 14.2. The molecule has 0 aromatic carbocycles. The summed E-state index contributed by atoms with van der Waals surface area (Å²) < 4.78 is 52.7. The first-order valence-electron chi connectivity index (χ1n) is 8.14. The topological polar surface area (TPSA) is 134 Å². The molecule has 29 heavy (non-hydrogen) atoms. The number of nitrogens with zero attached hydrogens (tertiary/aromatic N) is 5. The number of hydrazine groups is 1. The lowest BCUT2D eigenvalue weighted by Crippen LogP contribution is -2.44. The fourth-order valence-corrected chi connectivity index (χ4v) is 2.76. The van der Waals surface area contributed by atoms with Gasteiger partial charge in [-0.25, -0.2) is 30.2 Å². The van der Waals surface area contributed by atoms with Gasteiger partial charge in [-0.3, -0.25) is 4.79 Å². The summed E-state index contributed by atoms with van der Waals surface area (Å²) in [7, 11) is 0. The Labute approximate surface area is 161 Å². The van der Waals surface area contributed by atoms with Gasteiger partial charge in [-0.1, -0.05) is 0 Å². The number of alkyl halides is 3. The Hall–Kier alpha value is -3.48. The summed E-state index contributed by atoms with van der Waals surface area (Å²) >= 11 is 0. The van der Waals surface area contributed by atoms with Gasteiger partial charge in [0.05, 0.1) is 30.2 Å². The van der Waals surface area contributed by atoms with Crippen molar-refractivity contribution in [3.05, 3.63) is 53.1 Å². The summed E-state index contributed by atoms with van der Waals surface area (Å²) in [6.45, 7) is -0.174. The molecular weight excluding hydrogens is 398 g/mol. The molecule has 9 nitrogen and oxygen atoms in total. The molecule has 1 aliphatic heterocycles. The maximum absolute atomic E-state index is 14.2. The van der Waals surface area contributed by atoms with Crippen molar-refractivity contribution in [2.45, 2.75) is 12.6 Å². The zero-order valence-corrected chi connectivity index (χ0v) is 14.7. The number of hydrogen-bond donors (Lipinski definition) is 3. The molecule has 3 heterocycles. The Morgan fingerprint density at radius 1 is 1.24 bits per heavy atom. The molecule has 13 heteroatoms. The number of hydrogen-bond acceptors (Lipinski definition) is 8. The maximum Gasteiger partial charge on any atom is 0.436 e. The minimum absolute atomic E-state index is 0.0176. The Morgan fingerprint density at radius 2 is 1.90 bits per heavy atom. The van der Waals surface area contributed by atoms with E-state index >= 15 is 0 Å². The second-order valence-electron chi connectivity index (χ2n) is 6.08. The second-order valence-corrected chi connectivity index (χ2v) is 6.08. The average Bonchev–Trinajstić information content (AvgIpc) is 2.66. The van der Waals surface area contributed by atoms with Crippen LogP contribution >= 0.6 is 0 Å². The zero-order valence-electron chi connectivity index (χ0n) is 14.7. The number of aromatic hydroxyl groups is 1. The molecule has 1 aliphatic rings. The van der Waals surface area contributed by atoms with Crippen molar-refractivity contribution in [2.75, 3.05) is 18.1 Å². The normalized spacial score (nSPS) is 14.9. The van der Waals surface area contributed by atoms with E-state index in [1.807, 2.05) is 0 Å². The van der Waals surface area contributed by atoms with Gasteiger partial charge in [0.25, 0.3) is 5.91 Å². The van der Waals surface area contributed by atoms with Crippen molar-refractivity contribution in [3.63, 3.8) is 0 Å². The second kappa shape index (κ2) is 7.50. The van der Waals surface area contributed by atoms with Gasteiger partial charge in [0.1, 0.15) is 0 Å². The van der Waals surface area contributed by atoms with Crippen LogP contribution in [0.2, 0.25) is 0 Å². The molecular formula is C16H15F4N7O2. The molecule has 0 bridgehead atoms. The number of anilines is 1. The van der Waals surface area contributed by atoms with Crippen LogP contribution in [0.25, 0.3) is 0 Å². The monoisotopic (exact) mass is 413 g/mol. The largest absolute Gasteiger partial charge is 0.505 e. The van der Waals surface area contributed by atoms with Crippen LogP contribution in [0.15, 0.2) is 36.1 Å². The van der Waals surface area contributed by atoms with Crippen molar-refractivity contribution in [1.29, 1.82) is 0 Å². The van der Waals surface area contributed by atoms with Crippen molar-refractivity contribution in [3.8, 4) is 5.75 Å². The molecule has 5 N–H and O–H groups in total. The van der Waals surface area contributed by atoms with Crippen molar-refractivity contribution < 1.29 is 27.5 Å². The minimum atomic E-state index is -5.03. The van der Waals surface area contributed by atoms with E-state index in [0.717, 1.165) is 34.6 Å². The third-order valence-corrected chi connectivity index (χ3v) is 4.16. The first-order valence-corrected chi connectivity index (χ1v) is 8.14. The Balaban J connectivity index is 1.82. The van der Waals surface area contributed by atoms with E-state index < -0.39 is 29.2 Å². The minimum Gasteiger partial charge on any atom is -0.505 e.